The smallest absolute Gasteiger partial charge is 0.180 e. The van der Waals surface area contributed by atoms with Gasteiger partial charge in [-0.2, -0.15) is 0 Å². The zero-order valence-electron chi connectivity index (χ0n) is 16.0. The average molecular weight is 393 g/mol. The molecule has 0 aromatic heterocycles. The van der Waals surface area contributed by atoms with Gasteiger partial charge in [-0.3, -0.25) is 0 Å². The first-order chi connectivity index (χ1) is 13.1. The number of hydrogen-bond donors (Lipinski definition) is 3. The Balaban J connectivity index is 1.93. The lowest BCUT2D eigenvalue weighted by atomic mass is 10.2. The van der Waals surface area contributed by atoms with Crippen molar-refractivity contribution in [3.05, 3.63) is 58.6 Å². The van der Waals surface area contributed by atoms with E-state index in [2.05, 4.69) is 10.6 Å². The van der Waals surface area contributed by atoms with Gasteiger partial charge >= 0.3 is 0 Å². The summed E-state index contributed by atoms with van der Waals surface area (Å²) >= 11 is 6.46. The second-order valence-electron chi connectivity index (χ2n) is 6.34. The minimum Gasteiger partial charge on any atom is -0.490 e. The van der Waals surface area contributed by atoms with Gasteiger partial charge < -0.3 is 25.2 Å². The topological polar surface area (TPSA) is 62.8 Å². The number of nitrogens with one attached hydrogen (secondary N) is 2. The molecule has 0 unspecified atom stereocenters. The molecule has 0 saturated carbocycles. The molecular formula is C21H29ClN2O3. The Morgan fingerprint density at radius 2 is 1.78 bits per heavy atom. The predicted octanol–water partition coefficient (Wildman–Crippen LogP) is 3.38. The van der Waals surface area contributed by atoms with Crippen LogP contribution < -0.4 is 20.1 Å². The normalized spacial score (nSPS) is 12.0. The van der Waals surface area contributed by atoms with Gasteiger partial charge in [0.25, 0.3) is 0 Å². The van der Waals surface area contributed by atoms with Gasteiger partial charge in [0, 0.05) is 26.2 Å². The highest BCUT2D eigenvalue weighted by atomic mass is 35.5. The number of benzene rings is 2. The maximum atomic E-state index is 9.22. The van der Waals surface area contributed by atoms with Crippen LogP contribution in [0.25, 0.3) is 0 Å². The van der Waals surface area contributed by atoms with Crippen LogP contribution in [0, 0.1) is 0 Å². The number of aliphatic hydroxyl groups is 1. The molecule has 3 N–H and O–H groups in total. The largest absolute Gasteiger partial charge is 0.490 e. The standard InChI is InChI=1S/C21H29ClN2O3/c1-3-26-20-12-18(14-24-10-9-23-13-16(2)25)11-19(22)21(20)27-15-17-7-5-4-6-8-17/h4-8,11-12,16,23-25H,3,9-10,13-15H2,1-2H3/t16-/m0/s1. The van der Waals surface area contributed by atoms with Crippen LogP contribution in [0.5, 0.6) is 11.5 Å². The molecule has 5 nitrogen and oxygen atoms in total. The molecule has 0 amide bonds. The highest BCUT2D eigenvalue weighted by Crippen LogP contribution is 2.37. The summed E-state index contributed by atoms with van der Waals surface area (Å²) in [7, 11) is 0. The van der Waals surface area contributed by atoms with Crippen LogP contribution in [0.1, 0.15) is 25.0 Å². The quantitative estimate of drug-likeness (QED) is 0.483. The van der Waals surface area contributed by atoms with Crippen molar-refractivity contribution in [2.24, 2.45) is 0 Å². The van der Waals surface area contributed by atoms with Gasteiger partial charge in [0.2, 0.25) is 0 Å². The third kappa shape index (κ3) is 7.77. The maximum absolute atomic E-state index is 9.22. The summed E-state index contributed by atoms with van der Waals surface area (Å²) in [6, 6.07) is 13.8. The van der Waals surface area contributed by atoms with Crippen LogP contribution >= 0.6 is 11.6 Å². The van der Waals surface area contributed by atoms with Gasteiger partial charge in [0.15, 0.2) is 11.5 Å². The number of rotatable bonds is 12. The van der Waals surface area contributed by atoms with E-state index in [1.54, 1.807) is 6.92 Å². The minimum atomic E-state index is -0.332. The molecule has 2 aromatic carbocycles. The van der Waals surface area contributed by atoms with Crippen molar-refractivity contribution in [2.45, 2.75) is 33.1 Å². The summed E-state index contributed by atoms with van der Waals surface area (Å²) in [4.78, 5) is 0. The minimum absolute atomic E-state index is 0.332. The van der Waals surface area contributed by atoms with E-state index in [0.717, 1.165) is 24.2 Å². The van der Waals surface area contributed by atoms with Crippen LogP contribution in [0.4, 0.5) is 0 Å². The van der Waals surface area contributed by atoms with Gasteiger partial charge in [-0.25, -0.2) is 0 Å². The van der Waals surface area contributed by atoms with Crippen molar-refractivity contribution < 1.29 is 14.6 Å². The first-order valence-corrected chi connectivity index (χ1v) is 9.69. The summed E-state index contributed by atoms with van der Waals surface area (Å²) in [5.41, 5.74) is 2.11. The third-order valence-electron chi connectivity index (χ3n) is 3.84. The summed E-state index contributed by atoms with van der Waals surface area (Å²) in [5, 5.41) is 16.3. The van der Waals surface area contributed by atoms with Crippen LogP contribution in [0.3, 0.4) is 0 Å². The van der Waals surface area contributed by atoms with E-state index in [-0.39, 0.29) is 6.10 Å². The fraction of sp³-hybridized carbons (Fsp3) is 0.429. The molecule has 6 heteroatoms. The van der Waals surface area contributed by atoms with Crippen LogP contribution in [-0.2, 0) is 13.2 Å². The Morgan fingerprint density at radius 3 is 2.48 bits per heavy atom. The van der Waals surface area contributed by atoms with E-state index in [4.69, 9.17) is 21.1 Å². The summed E-state index contributed by atoms with van der Waals surface area (Å²) in [6.07, 6.45) is -0.332. The van der Waals surface area contributed by atoms with E-state index in [1.165, 1.54) is 0 Å². The molecular weight excluding hydrogens is 364 g/mol. The van der Waals surface area contributed by atoms with Crippen molar-refractivity contribution in [1.82, 2.24) is 10.6 Å². The molecule has 0 radical (unpaired) electrons. The van der Waals surface area contributed by atoms with E-state index in [1.807, 2.05) is 49.4 Å². The SMILES string of the molecule is CCOc1cc(CNCCNC[C@H](C)O)cc(Cl)c1OCc1ccccc1. The Labute approximate surface area is 166 Å². The van der Waals surface area contributed by atoms with Gasteiger partial charge in [0.1, 0.15) is 6.61 Å². The summed E-state index contributed by atoms with van der Waals surface area (Å²) in [5.74, 6) is 1.23. The monoisotopic (exact) mass is 392 g/mol. The third-order valence-corrected chi connectivity index (χ3v) is 4.12. The zero-order chi connectivity index (χ0) is 19.5. The van der Waals surface area contributed by atoms with Crippen molar-refractivity contribution >= 4 is 11.6 Å². The van der Waals surface area contributed by atoms with Gasteiger partial charge in [0.05, 0.1) is 17.7 Å². The molecule has 0 saturated heterocycles. The molecule has 27 heavy (non-hydrogen) atoms. The zero-order valence-corrected chi connectivity index (χ0v) is 16.8. The lowest BCUT2D eigenvalue weighted by molar-refractivity contribution is 0.191. The fourth-order valence-corrected chi connectivity index (χ4v) is 2.86. The van der Waals surface area contributed by atoms with Crippen molar-refractivity contribution in [3.63, 3.8) is 0 Å². The summed E-state index contributed by atoms with van der Waals surface area (Å²) in [6.45, 7) is 7.53. The van der Waals surface area contributed by atoms with E-state index in [0.29, 0.717) is 42.8 Å². The molecule has 0 heterocycles. The molecule has 0 aliphatic rings. The number of hydrogen-bond acceptors (Lipinski definition) is 5. The average Bonchev–Trinajstić information content (AvgIpc) is 2.65. The Bertz CT molecular complexity index is 681. The Kier molecular flexibility index (Phi) is 9.42. The molecule has 2 rings (SSSR count). The van der Waals surface area contributed by atoms with Gasteiger partial charge in [-0.05, 0) is 37.1 Å². The van der Waals surface area contributed by atoms with Crippen LogP contribution in [0.15, 0.2) is 42.5 Å². The predicted molar refractivity (Wildman–Crippen MR) is 110 cm³/mol. The molecule has 0 bridgehead atoms. The lowest BCUT2D eigenvalue weighted by Crippen LogP contribution is -2.31. The first-order valence-electron chi connectivity index (χ1n) is 9.31. The van der Waals surface area contributed by atoms with E-state index < -0.39 is 0 Å². The molecule has 0 aliphatic carbocycles. The second kappa shape index (κ2) is 11.8. The maximum Gasteiger partial charge on any atom is 0.180 e. The molecule has 1 atom stereocenters. The molecule has 148 valence electrons. The van der Waals surface area contributed by atoms with Crippen LogP contribution in [0.2, 0.25) is 5.02 Å². The Morgan fingerprint density at radius 1 is 1.04 bits per heavy atom. The summed E-state index contributed by atoms with van der Waals surface area (Å²) < 4.78 is 11.7. The number of ether oxygens (including phenoxy) is 2. The number of aliphatic hydroxyl groups excluding tert-OH is 1. The molecule has 0 spiro atoms. The first kappa shape index (κ1) is 21.5. The van der Waals surface area contributed by atoms with Gasteiger partial charge in [-0.1, -0.05) is 41.9 Å². The molecule has 2 aromatic rings. The van der Waals surface area contributed by atoms with E-state index >= 15 is 0 Å². The highest BCUT2D eigenvalue weighted by Gasteiger charge is 2.13. The van der Waals surface area contributed by atoms with Crippen molar-refractivity contribution in [1.29, 1.82) is 0 Å². The molecule has 0 aliphatic heterocycles. The van der Waals surface area contributed by atoms with Gasteiger partial charge in [-0.15, -0.1) is 0 Å². The number of halogens is 1. The van der Waals surface area contributed by atoms with E-state index in [9.17, 15) is 5.11 Å². The van der Waals surface area contributed by atoms with Crippen LogP contribution in [-0.4, -0.2) is 37.5 Å². The fourth-order valence-electron chi connectivity index (χ4n) is 2.58. The Hall–Kier alpha value is -1.79. The second-order valence-corrected chi connectivity index (χ2v) is 6.75. The molecule has 0 fully saturated rings. The van der Waals surface area contributed by atoms with Crippen molar-refractivity contribution in [2.75, 3.05) is 26.2 Å². The highest BCUT2D eigenvalue weighted by molar-refractivity contribution is 6.32. The van der Waals surface area contributed by atoms with Crippen molar-refractivity contribution in [3.8, 4) is 11.5 Å². The lowest BCUT2D eigenvalue weighted by Gasteiger charge is -2.16.